The van der Waals surface area contributed by atoms with E-state index in [1.165, 1.54) is 6.07 Å². The Balaban J connectivity index is 1.49. The Morgan fingerprint density at radius 3 is 2.59 bits per heavy atom. The molecule has 32 heavy (non-hydrogen) atoms. The van der Waals surface area contributed by atoms with Crippen LogP contribution in [-0.4, -0.2) is 51.7 Å². The van der Waals surface area contributed by atoms with Crippen LogP contribution in [0.1, 0.15) is 46.4 Å². The van der Waals surface area contributed by atoms with Crippen LogP contribution in [0.3, 0.4) is 0 Å². The van der Waals surface area contributed by atoms with E-state index in [2.05, 4.69) is 14.9 Å². The van der Waals surface area contributed by atoms with E-state index in [4.69, 9.17) is 14.2 Å². The predicted molar refractivity (Wildman–Crippen MR) is 113 cm³/mol. The van der Waals surface area contributed by atoms with Crippen molar-refractivity contribution in [3.63, 3.8) is 0 Å². The highest BCUT2D eigenvalue weighted by molar-refractivity contribution is 5.75. The topological polar surface area (TPSA) is 73.8 Å². The third-order valence-electron chi connectivity index (χ3n) is 4.99. The maximum absolute atomic E-state index is 13.7. The summed E-state index contributed by atoms with van der Waals surface area (Å²) in [5, 5.41) is 0. The van der Waals surface area contributed by atoms with Crippen molar-refractivity contribution in [2.75, 3.05) is 13.1 Å². The minimum atomic E-state index is -0.787. The first kappa shape index (κ1) is 23.8. The largest absolute Gasteiger partial charge is 0.483 e. The SMILES string of the molecule is CC(C(=O)OC(C)(C)C)N1CCC(Oc2ccnc(COc3ccc(F)cc3F)n2)CC1. The summed E-state index contributed by atoms with van der Waals surface area (Å²) >= 11 is 0. The standard InChI is InChI=1S/C23H29F2N3O4/c1-15(22(29)32-23(2,3)4)28-11-8-17(9-12-28)31-21-7-10-26-20(27-21)14-30-19-6-5-16(24)13-18(19)25/h5-7,10,13,15,17H,8-9,11-12,14H2,1-4H3. The molecule has 2 heterocycles. The molecule has 0 radical (unpaired) electrons. The van der Waals surface area contributed by atoms with Crippen LogP contribution in [0.15, 0.2) is 30.5 Å². The lowest BCUT2D eigenvalue weighted by molar-refractivity contribution is -0.161. The average Bonchev–Trinajstić information content (AvgIpc) is 2.72. The van der Waals surface area contributed by atoms with E-state index in [9.17, 15) is 13.6 Å². The predicted octanol–water partition coefficient (Wildman–Crippen LogP) is 3.91. The summed E-state index contributed by atoms with van der Waals surface area (Å²) in [7, 11) is 0. The smallest absolute Gasteiger partial charge is 0.323 e. The summed E-state index contributed by atoms with van der Waals surface area (Å²) in [6.07, 6.45) is 2.98. The van der Waals surface area contributed by atoms with Crippen molar-refractivity contribution in [2.24, 2.45) is 0 Å². The molecule has 0 bridgehead atoms. The number of likely N-dealkylation sites (tertiary alicyclic amines) is 1. The summed E-state index contributed by atoms with van der Waals surface area (Å²) in [6.45, 7) is 8.76. The zero-order valence-corrected chi connectivity index (χ0v) is 18.8. The molecule has 1 fully saturated rings. The fourth-order valence-electron chi connectivity index (χ4n) is 3.34. The van der Waals surface area contributed by atoms with Crippen molar-refractivity contribution in [3.8, 4) is 11.6 Å². The van der Waals surface area contributed by atoms with Crippen LogP contribution >= 0.6 is 0 Å². The van der Waals surface area contributed by atoms with Crippen molar-refractivity contribution in [1.82, 2.24) is 14.9 Å². The number of nitrogens with zero attached hydrogens (tertiary/aromatic N) is 3. The van der Waals surface area contributed by atoms with Crippen LogP contribution in [0.5, 0.6) is 11.6 Å². The van der Waals surface area contributed by atoms with Gasteiger partial charge in [-0.25, -0.2) is 13.8 Å². The van der Waals surface area contributed by atoms with Gasteiger partial charge in [-0.1, -0.05) is 0 Å². The molecule has 1 atom stereocenters. The van der Waals surface area contributed by atoms with Gasteiger partial charge in [0.25, 0.3) is 0 Å². The molecule has 0 aliphatic carbocycles. The van der Waals surface area contributed by atoms with Gasteiger partial charge in [0.1, 0.15) is 30.2 Å². The summed E-state index contributed by atoms with van der Waals surface area (Å²) in [5.41, 5.74) is -0.510. The fourth-order valence-corrected chi connectivity index (χ4v) is 3.34. The van der Waals surface area contributed by atoms with E-state index in [1.807, 2.05) is 27.7 Å². The number of piperidine rings is 1. The van der Waals surface area contributed by atoms with Crippen molar-refractivity contribution >= 4 is 5.97 Å². The van der Waals surface area contributed by atoms with Crippen molar-refractivity contribution in [1.29, 1.82) is 0 Å². The highest BCUT2D eigenvalue weighted by Gasteiger charge is 2.30. The molecule has 0 N–H and O–H groups in total. The van der Waals surface area contributed by atoms with Crippen molar-refractivity contribution < 1.29 is 27.8 Å². The number of ether oxygens (including phenoxy) is 3. The molecule has 174 valence electrons. The average molecular weight is 449 g/mol. The molecule has 1 aliphatic heterocycles. The summed E-state index contributed by atoms with van der Waals surface area (Å²) in [5.74, 6) is -1.04. The number of hydrogen-bond acceptors (Lipinski definition) is 7. The molecule has 0 spiro atoms. The zero-order valence-electron chi connectivity index (χ0n) is 18.8. The lowest BCUT2D eigenvalue weighted by atomic mass is 10.1. The van der Waals surface area contributed by atoms with Crippen LogP contribution < -0.4 is 9.47 Å². The summed E-state index contributed by atoms with van der Waals surface area (Å²) in [6, 6.07) is 4.43. The van der Waals surface area contributed by atoms with Crippen LogP contribution in [-0.2, 0) is 16.1 Å². The Morgan fingerprint density at radius 1 is 1.22 bits per heavy atom. The van der Waals surface area contributed by atoms with Gasteiger partial charge in [0.15, 0.2) is 17.4 Å². The van der Waals surface area contributed by atoms with Gasteiger partial charge in [-0.05, 0) is 52.7 Å². The van der Waals surface area contributed by atoms with Gasteiger partial charge in [0.2, 0.25) is 5.88 Å². The number of halogens is 2. The summed E-state index contributed by atoms with van der Waals surface area (Å²) in [4.78, 5) is 22.8. The van der Waals surface area contributed by atoms with E-state index < -0.39 is 17.2 Å². The van der Waals surface area contributed by atoms with E-state index in [-0.39, 0.29) is 30.5 Å². The highest BCUT2D eigenvalue weighted by atomic mass is 19.1. The van der Waals surface area contributed by atoms with Gasteiger partial charge in [0, 0.05) is 31.4 Å². The Labute approximate surface area is 186 Å². The molecule has 1 saturated heterocycles. The molecular formula is C23H29F2N3O4. The number of carbonyl (C=O) groups is 1. The lowest BCUT2D eigenvalue weighted by Crippen LogP contribution is -2.48. The quantitative estimate of drug-likeness (QED) is 0.594. The summed E-state index contributed by atoms with van der Waals surface area (Å²) < 4.78 is 43.5. The van der Waals surface area contributed by atoms with E-state index in [1.54, 1.807) is 12.3 Å². The van der Waals surface area contributed by atoms with E-state index in [0.717, 1.165) is 25.0 Å². The lowest BCUT2D eigenvalue weighted by Gasteiger charge is -2.35. The maximum Gasteiger partial charge on any atom is 0.323 e. The molecule has 0 saturated carbocycles. The highest BCUT2D eigenvalue weighted by Crippen LogP contribution is 2.21. The number of esters is 1. The number of aromatic nitrogens is 2. The number of carbonyl (C=O) groups excluding carboxylic acids is 1. The van der Waals surface area contributed by atoms with Crippen molar-refractivity contribution in [3.05, 3.63) is 47.9 Å². The number of rotatable bonds is 7. The fraction of sp³-hybridized carbons (Fsp3) is 0.522. The second-order valence-corrected chi connectivity index (χ2v) is 8.74. The third-order valence-corrected chi connectivity index (χ3v) is 4.99. The normalized spacial score (nSPS) is 16.4. The van der Waals surface area contributed by atoms with Gasteiger partial charge in [-0.3, -0.25) is 9.69 Å². The first-order valence-corrected chi connectivity index (χ1v) is 10.6. The van der Waals surface area contributed by atoms with Crippen LogP contribution in [0.4, 0.5) is 8.78 Å². The molecule has 0 amide bonds. The Kier molecular flexibility index (Phi) is 7.60. The molecule has 1 unspecified atom stereocenters. The number of hydrogen-bond donors (Lipinski definition) is 0. The van der Waals surface area contributed by atoms with Gasteiger partial charge in [-0.15, -0.1) is 0 Å². The molecular weight excluding hydrogens is 420 g/mol. The van der Waals surface area contributed by atoms with Gasteiger partial charge in [0.05, 0.1) is 0 Å². The van der Waals surface area contributed by atoms with Crippen LogP contribution in [0.25, 0.3) is 0 Å². The second kappa shape index (κ2) is 10.2. The Morgan fingerprint density at radius 2 is 1.94 bits per heavy atom. The van der Waals surface area contributed by atoms with Gasteiger partial charge >= 0.3 is 5.97 Å². The molecule has 3 rings (SSSR count). The van der Waals surface area contributed by atoms with E-state index >= 15 is 0 Å². The number of benzene rings is 1. The van der Waals surface area contributed by atoms with Gasteiger partial charge in [-0.2, -0.15) is 4.98 Å². The van der Waals surface area contributed by atoms with Crippen molar-refractivity contribution in [2.45, 2.75) is 64.9 Å². The monoisotopic (exact) mass is 449 g/mol. The second-order valence-electron chi connectivity index (χ2n) is 8.74. The maximum atomic E-state index is 13.7. The first-order chi connectivity index (χ1) is 15.1. The molecule has 1 aliphatic rings. The van der Waals surface area contributed by atoms with Crippen LogP contribution in [0.2, 0.25) is 0 Å². The van der Waals surface area contributed by atoms with E-state index in [0.29, 0.717) is 24.8 Å². The zero-order chi connectivity index (χ0) is 23.3. The molecule has 1 aromatic heterocycles. The minimum absolute atomic E-state index is 0.0460. The molecule has 2 aromatic rings. The van der Waals surface area contributed by atoms with Gasteiger partial charge < -0.3 is 14.2 Å². The Hall–Kier alpha value is -2.81. The Bertz CT molecular complexity index is 928. The third kappa shape index (κ3) is 6.85. The first-order valence-electron chi connectivity index (χ1n) is 10.6. The minimum Gasteiger partial charge on any atom is -0.483 e. The molecule has 7 nitrogen and oxygen atoms in total. The van der Waals surface area contributed by atoms with Crippen LogP contribution in [0, 0.1) is 11.6 Å². The molecule has 9 heteroatoms. The molecule has 1 aromatic carbocycles.